The number of hydrogen-bond donors (Lipinski definition) is 0. The van der Waals surface area contributed by atoms with Crippen molar-refractivity contribution in [3.8, 4) is 0 Å². The Morgan fingerprint density at radius 1 is 1.25 bits per heavy atom. The molecule has 0 amide bonds. The Morgan fingerprint density at radius 3 is 2.00 bits per heavy atom. The maximum absolute atomic E-state index is 11.8. The van der Waals surface area contributed by atoms with E-state index in [9.17, 15) is 4.57 Å². The van der Waals surface area contributed by atoms with Crippen LogP contribution in [0.3, 0.4) is 0 Å². The van der Waals surface area contributed by atoms with Crippen molar-refractivity contribution in [1.29, 1.82) is 0 Å². The zero-order chi connectivity index (χ0) is 9.61. The summed E-state index contributed by atoms with van der Waals surface area (Å²) >= 11 is 0. The summed E-state index contributed by atoms with van der Waals surface area (Å²) in [6.07, 6.45) is 0.935. The highest BCUT2D eigenvalue weighted by atomic mass is 31.2. The second-order valence-corrected chi connectivity index (χ2v) is 4.61. The molecule has 0 unspecified atom stereocenters. The van der Waals surface area contributed by atoms with Gasteiger partial charge in [0.1, 0.15) is 0 Å². The van der Waals surface area contributed by atoms with Crippen LogP contribution in [0.25, 0.3) is 0 Å². The first-order valence-electron chi connectivity index (χ1n) is 4.11. The molecule has 0 aromatic carbocycles. The highest BCUT2D eigenvalue weighted by Crippen LogP contribution is 2.49. The van der Waals surface area contributed by atoms with Gasteiger partial charge >= 0.3 is 7.75 Å². The third-order valence-corrected chi connectivity index (χ3v) is 3.75. The Hall–Kier alpha value is 0.110. The minimum Gasteiger partial charge on any atom is -0.300 e. The van der Waals surface area contributed by atoms with Gasteiger partial charge in [-0.25, -0.2) is 9.24 Å². The Morgan fingerprint density at radius 2 is 1.75 bits per heavy atom. The van der Waals surface area contributed by atoms with Crippen LogP contribution in [0, 0.1) is 0 Å². The molecule has 0 aliphatic heterocycles. The molecule has 12 heavy (non-hydrogen) atoms. The van der Waals surface area contributed by atoms with Crippen LogP contribution in [0.1, 0.15) is 20.3 Å². The Labute approximate surface area is 74.4 Å². The van der Waals surface area contributed by atoms with Gasteiger partial charge in [0.2, 0.25) is 0 Å². The van der Waals surface area contributed by atoms with Gasteiger partial charge < -0.3 is 0 Å². The topological polar surface area (TPSA) is 38.8 Å². The first-order valence-corrected chi connectivity index (χ1v) is 5.61. The fraction of sp³-hybridized carbons (Fsp3) is 1.00. The van der Waals surface area contributed by atoms with Gasteiger partial charge in [0.25, 0.3) is 0 Å². The SMILES string of the molecule is CCCN(CC)P(=O)(OC)OC. The smallest absolute Gasteiger partial charge is 0.300 e. The van der Waals surface area contributed by atoms with Crippen LogP contribution in [0.4, 0.5) is 0 Å². The zero-order valence-electron chi connectivity index (χ0n) is 8.24. The van der Waals surface area contributed by atoms with Gasteiger partial charge in [0.05, 0.1) is 0 Å². The highest BCUT2D eigenvalue weighted by Gasteiger charge is 2.28. The number of rotatable bonds is 6. The summed E-state index contributed by atoms with van der Waals surface area (Å²) in [6.45, 7) is 5.36. The summed E-state index contributed by atoms with van der Waals surface area (Å²) < 4.78 is 23.2. The van der Waals surface area contributed by atoms with E-state index in [1.54, 1.807) is 4.67 Å². The molecule has 0 N–H and O–H groups in total. The third kappa shape index (κ3) is 2.87. The van der Waals surface area contributed by atoms with Crippen molar-refractivity contribution in [3.63, 3.8) is 0 Å². The predicted molar refractivity (Wildman–Crippen MR) is 49.2 cm³/mol. The third-order valence-electron chi connectivity index (χ3n) is 1.65. The molecule has 4 nitrogen and oxygen atoms in total. The first-order chi connectivity index (χ1) is 5.64. The molecule has 0 spiro atoms. The quantitative estimate of drug-likeness (QED) is 0.608. The number of hydrogen-bond acceptors (Lipinski definition) is 3. The van der Waals surface area contributed by atoms with Gasteiger partial charge in [0, 0.05) is 27.3 Å². The summed E-state index contributed by atoms with van der Waals surface area (Å²) in [7, 11) is -0.164. The van der Waals surface area contributed by atoms with Crippen LogP contribution < -0.4 is 0 Å². The van der Waals surface area contributed by atoms with Crippen molar-refractivity contribution in [3.05, 3.63) is 0 Å². The summed E-state index contributed by atoms with van der Waals surface area (Å²) in [5.41, 5.74) is 0. The molecular formula is C7H18NO3P. The lowest BCUT2D eigenvalue weighted by atomic mass is 10.5. The lowest BCUT2D eigenvalue weighted by molar-refractivity contribution is 0.210. The minimum atomic E-state index is -2.97. The van der Waals surface area contributed by atoms with E-state index in [2.05, 4.69) is 0 Å². The van der Waals surface area contributed by atoms with Crippen molar-refractivity contribution >= 4 is 7.75 Å². The van der Waals surface area contributed by atoms with Gasteiger partial charge in [-0.1, -0.05) is 13.8 Å². The maximum Gasteiger partial charge on any atom is 0.407 e. The van der Waals surface area contributed by atoms with Gasteiger partial charge in [-0.2, -0.15) is 0 Å². The monoisotopic (exact) mass is 195 g/mol. The summed E-state index contributed by atoms with van der Waals surface area (Å²) in [6, 6.07) is 0. The molecule has 0 saturated heterocycles. The van der Waals surface area contributed by atoms with E-state index in [1.807, 2.05) is 13.8 Å². The van der Waals surface area contributed by atoms with Gasteiger partial charge in [-0.3, -0.25) is 9.05 Å². The van der Waals surface area contributed by atoms with Gasteiger partial charge in [-0.05, 0) is 6.42 Å². The van der Waals surface area contributed by atoms with Crippen molar-refractivity contribution in [1.82, 2.24) is 4.67 Å². The second kappa shape index (κ2) is 5.70. The molecule has 0 atom stereocenters. The maximum atomic E-state index is 11.8. The van der Waals surface area contributed by atoms with E-state index in [0.29, 0.717) is 6.54 Å². The van der Waals surface area contributed by atoms with Crippen LogP contribution in [0.15, 0.2) is 0 Å². The molecule has 0 rings (SSSR count). The van der Waals surface area contributed by atoms with Crippen LogP contribution in [-0.2, 0) is 13.6 Å². The Balaban J connectivity index is 4.33. The van der Waals surface area contributed by atoms with Crippen molar-refractivity contribution in [2.24, 2.45) is 0 Å². The van der Waals surface area contributed by atoms with Crippen LogP contribution in [-0.4, -0.2) is 32.0 Å². The fourth-order valence-electron chi connectivity index (χ4n) is 1.02. The van der Waals surface area contributed by atoms with E-state index < -0.39 is 7.75 Å². The Bertz CT molecular complexity index is 155. The second-order valence-electron chi connectivity index (χ2n) is 2.38. The first kappa shape index (κ1) is 12.1. The van der Waals surface area contributed by atoms with E-state index >= 15 is 0 Å². The minimum absolute atomic E-state index is 0.673. The summed E-state index contributed by atoms with van der Waals surface area (Å²) in [5, 5.41) is 0. The molecular weight excluding hydrogens is 177 g/mol. The van der Waals surface area contributed by atoms with Crippen LogP contribution in [0.2, 0.25) is 0 Å². The molecule has 0 aromatic heterocycles. The molecule has 5 heteroatoms. The molecule has 0 radical (unpaired) electrons. The molecule has 0 heterocycles. The van der Waals surface area contributed by atoms with Crippen molar-refractivity contribution in [2.75, 3.05) is 27.3 Å². The highest BCUT2D eigenvalue weighted by molar-refractivity contribution is 7.51. The van der Waals surface area contributed by atoms with Gasteiger partial charge in [0.15, 0.2) is 0 Å². The standard InChI is InChI=1S/C7H18NO3P/c1-5-7-8(6-2)12(9,10-3)11-4/h5-7H2,1-4H3. The Kier molecular flexibility index (Phi) is 5.76. The van der Waals surface area contributed by atoms with Crippen molar-refractivity contribution < 1.29 is 13.6 Å². The van der Waals surface area contributed by atoms with E-state index in [-0.39, 0.29) is 0 Å². The van der Waals surface area contributed by atoms with Crippen LogP contribution >= 0.6 is 7.75 Å². The number of nitrogens with zero attached hydrogens (tertiary/aromatic N) is 1. The van der Waals surface area contributed by atoms with Crippen molar-refractivity contribution in [2.45, 2.75) is 20.3 Å². The van der Waals surface area contributed by atoms with E-state index in [0.717, 1.165) is 13.0 Å². The molecule has 0 aliphatic rings. The van der Waals surface area contributed by atoms with Crippen LogP contribution in [0.5, 0.6) is 0 Å². The summed E-state index contributed by atoms with van der Waals surface area (Å²) in [4.78, 5) is 0. The normalized spacial score (nSPS) is 12.4. The largest absolute Gasteiger partial charge is 0.407 e. The molecule has 0 fully saturated rings. The lowest BCUT2D eigenvalue weighted by Crippen LogP contribution is -2.22. The molecule has 0 saturated carbocycles. The molecule has 0 bridgehead atoms. The van der Waals surface area contributed by atoms with E-state index in [4.69, 9.17) is 9.05 Å². The average Bonchev–Trinajstić information content (AvgIpc) is 2.13. The van der Waals surface area contributed by atoms with E-state index in [1.165, 1.54) is 14.2 Å². The fourth-order valence-corrected chi connectivity index (χ4v) is 2.42. The molecule has 0 aromatic rings. The molecule has 74 valence electrons. The predicted octanol–water partition coefficient (Wildman–Crippen LogP) is 2.12. The zero-order valence-corrected chi connectivity index (χ0v) is 9.13. The lowest BCUT2D eigenvalue weighted by Gasteiger charge is -2.26. The summed E-state index contributed by atoms with van der Waals surface area (Å²) in [5.74, 6) is 0. The van der Waals surface area contributed by atoms with Gasteiger partial charge in [-0.15, -0.1) is 0 Å². The molecule has 0 aliphatic carbocycles. The average molecular weight is 195 g/mol.